The Bertz CT molecular complexity index is 1080. The third-order valence-corrected chi connectivity index (χ3v) is 6.86. The van der Waals surface area contributed by atoms with Gasteiger partial charge in [-0.25, -0.2) is 0 Å². The number of allylic oxidation sites excluding steroid dienone is 2. The predicted octanol–water partition coefficient (Wildman–Crippen LogP) is 6.95. The Morgan fingerprint density at radius 2 is 1.25 bits per heavy atom. The zero-order valence-corrected chi connectivity index (χ0v) is 19.1. The highest BCUT2D eigenvalue weighted by Gasteiger charge is 2.36. The van der Waals surface area contributed by atoms with Gasteiger partial charge in [-0.1, -0.05) is 91.4 Å². The van der Waals surface area contributed by atoms with Crippen molar-refractivity contribution in [2.45, 2.75) is 32.4 Å². The molecule has 0 radical (unpaired) electrons. The lowest BCUT2D eigenvalue weighted by Crippen LogP contribution is -2.55. The van der Waals surface area contributed by atoms with Crippen LogP contribution in [0.1, 0.15) is 30.5 Å². The molecule has 0 spiro atoms. The van der Waals surface area contributed by atoms with Crippen LogP contribution in [0.25, 0.3) is 0 Å². The van der Waals surface area contributed by atoms with E-state index in [2.05, 4.69) is 127 Å². The minimum absolute atomic E-state index is 0.293. The summed E-state index contributed by atoms with van der Waals surface area (Å²) in [6, 6.07) is 31.6. The summed E-state index contributed by atoms with van der Waals surface area (Å²) in [7, 11) is 0. The predicted molar refractivity (Wildman–Crippen MR) is 136 cm³/mol. The maximum atomic E-state index is 2.62. The van der Waals surface area contributed by atoms with Crippen molar-refractivity contribution in [3.63, 3.8) is 0 Å². The Labute approximate surface area is 192 Å². The second-order valence-electron chi connectivity index (χ2n) is 9.19. The quantitative estimate of drug-likeness (QED) is 0.450. The van der Waals surface area contributed by atoms with Crippen molar-refractivity contribution in [3.8, 4) is 0 Å². The van der Waals surface area contributed by atoms with Gasteiger partial charge in [0.2, 0.25) is 0 Å². The SMILES string of the molecule is Cc1ccc(C2CN(c3ccccc3)C(C3=CCC(C)C=C3)CN2c2ccccc2)cc1. The lowest BCUT2D eigenvalue weighted by atomic mass is 9.89. The van der Waals surface area contributed by atoms with Gasteiger partial charge in [-0.15, -0.1) is 0 Å². The zero-order chi connectivity index (χ0) is 21.9. The van der Waals surface area contributed by atoms with Crippen LogP contribution in [-0.4, -0.2) is 19.1 Å². The zero-order valence-electron chi connectivity index (χ0n) is 19.1. The van der Waals surface area contributed by atoms with Gasteiger partial charge in [0, 0.05) is 24.5 Å². The molecule has 2 nitrogen and oxygen atoms in total. The third kappa shape index (κ3) is 4.23. The average Bonchev–Trinajstić information content (AvgIpc) is 2.85. The maximum Gasteiger partial charge on any atom is 0.0718 e. The fraction of sp³-hybridized carbons (Fsp3) is 0.267. The summed E-state index contributed by atoms with van der Waals surface area (Å²) < 4.78 is 0. The topological polar surface area (TPSA) is 6.48 Å². The Kier molecular flexibility index (Phi) is 5.85. The van der Waals surface area contributed by atoms with Gasteiger partial charge in [-0.3, -0.25) is 0 Å². The first-order valence-corrected chi connectivity index (χ1v) is 11.8. The molecule has 3 aromatic carbocycles. The molecule has 162 valence electrons. The first-order valence-electron chi connectivity index (χ1n) is 11.8. The standard InChI is InChI=1S/C30H32N2/c1-23-13-17-25(18-14-23)29-21-32(28-11-7-4-8-12-28)30(26-19-15-24(2)16-20-26)22-31(29)27-9-5-3-6-10-27/h3-15,17-20,24,29-30H,16,21-22H2,1-2H3. The lowest BCUT2D eigenvalue weighted by molar-refractivity contribution is 0.484. The number of nitrogens with zero attached hydrogens (tertiary/aromatic N) is 2. The van der Waals surface area contributed by atoms with Crippen LogP contribution in [0.3, 0.4) is 0 Å². The Balaban J connectivity index is 1.58. The van der Waals surface area contributed by atoms with Gasteiger partial charge in [-0.2, -0.15) is 0 Å². The normalized spacial score (nSPS) is 23.2. The van der Waals surface area contributed by atoms with E-state index in [0.717, 1.165) is 19.5 Å². The molecule has 1 heterocycles. The second-order valence-corrected chi connectivity index (χ2v) is 9.19. The number of para-hydroxylation sites is 2. The van der Waals surface area contributed by atoms with Crippen LogP contribution in [0.4, 0.5) is 11.4 Å². The molecule has 2 heteroatoms. The molecule has 3 atom stereocenters. The molecule has 3 unspecified atom stereocenters. The van der Waals surface area contributed by atoms with E-state index < -0.39 is 0 Å². The minimum atomic E-state index is 0.293. The van der Waals surface area contributed by atoms with E-state index in [-0.39, 0.29) is 0 Å². The summed E-state index contributed by atoms with van der Waals surface area (Å²) in [5.41, 5.74) is 6.72. The molecule has 1 aliphatic carbocycles. The van der Waals surface area contributed by atoms with Crippen LogP contribution in [-0.2, 0) is 0 Å². The molecule has 0 aromatic heterocycles. The van der Waals surface area contributed by atoms with Crippen molar-refractivity contribution in [2.24, 2.45) is 5.92 Å². The van der Waals surface area contributed by atoms with E-state index in [9.17, 15) is 0 Å². The van der Waals surface area contributed by atoms with E-state index in [4.69, 9.17) is 0 Å². The second kappa shape index (κ2) is 9.08. The molecule has 0 N–H and O–H groups in total. The lowest BCUT2D eigenvalue weighted by Gasteiger charge is -2.49. The highest BCUT2D eigenvalue weighted by molar-refractivity contribution is 5.58. The van der Waals surface area contributed by atoms with Crippen LogP contribution >= 0.6 is 0 Å². The van der Waals surface area contributed by atoms with Crippen LogP contribution in [0.15, 0.2) is 109 Å². The monoisotopic (exact) mass is 420 g/mol. The Hall–Kier alpha value is -3.26. The Morgan fingerprint density at radius 3 is 1.81 bits per heavy atom. The first kappa shape index (κ1) is 20.6. The number of anilines is 2. The molecule has 0 saturated carbocycles. The van der Waals surface area contributed by atoms with Crippen molar-refractivity contribution in [1.82, 2.24) is 0 Å². The van der Waals surface area contributed by atoms with Crippen molar-refractivity contribution in [2.75, 3.05) is 22.9 Å². The summed E-state index contributed by atoms with van der Waals surface area (Å²) >= 11 is 0. The van der Waals surface area contributed by atoms with Crippen LogP contribution < -0.4 is 9.80 Å². The van der Waals surface area contributed by atoms with Crippen LogP contribution in [0.2, 0.25) is 0 Å². The molecular weight excluding hydrogens is 388 g/mol. The summed E-state index contributed by atoms with van der Waals surface area (Å²) in [5, 5.41) is 0. The number of hydrogen-bond acceptors (Lipinski definition) is 2. The van der Waals surface area contributed by atoms with Gasteiger partial charge in [0.1, 0.15) is 0 Å². The van der Waals surface area contributed by atoms with E-state index in [1.165, 1.54) is 28.1 Å². The molecule has 1 aliphatic heterocycles. The highest BCUT2D eigenvalue weighted by atomic mass is 15.3. The number of benzene rings is 3. The highest BCUT2D eigenvalue weighted by Crippen LogP contribution is 2.38. The molecule has 3 aromatic rings. The third-order valence-electron chi connectivity index (χ3n) is 6.86. The first-order chi connectivity index (χ1) is 15.7. The van der Waals surface area contributed by atoms with Crippen molar-refractivity contribution in [3.05, 3.63) is 120 Å². The van der Waals surface area contributed by atoms with Gasteiger partial charge >= 0.3 is 0 Å². The molecule has 32 heavy (non-hydrogen) atoms. The van der Waals surface area contributed by atoms with Gasteiger partial charge in [0.25, 0.3) is 0 Å². The summed E-state index contributed by atoms with van der Waals surface area (Å²) in [5.74, 6) is 0.623. The number of piperazine rings is 1. The molecule has 0 amide bonds. The summed E-state index contributed by atoms with van der Waals surface area (Å²) in [4.78, 5) is 5.23. The molecule has 1 fully saturated rings. The van der Waals surface area contributed by atoms with Crippen molar-refractivity contribution in [1.29, 1.82) is 0 Å². The number of hydrogen-bond donors (Lipinski definition) is 0. The van der Waals surface area contributed by atoms with E-state index >= 15 is 0 Å². The molecular formula is C30H32N2. The van der Waals surface area contributed by atoms with Gasteiger partial charge in [-0.05, 0) is 54.7 Å². The fourth-order valence-electron chi connectivity index (χ4n) is 4.98. The summed E-state index contributed by atoms with van der Waals surface area (Å²) in [6.07, 6.45) is 8.32. The average molecular weight is 421 g/mol. The smallest absolute Gasteiger partial charge is 0.0718 e. The summed E-state index contributed by atoms with van der Waals surface area (Å²) in [6.45, 7) is 6.37. The van der Waals surface area contributed by atoms with Crippen LogP contribution in [0.5, 0.6) is 0 Å². The number of aryl methyl sites for hydroxylation is 1. The van der Waals surface area contributed by atoms with Gasteiger partial charge in [0.05, 0.1) is 12.1 Å². The molecule has 1 saturated heterocycles. The van der Waals surface area contributed by atoms with E-state index in [1.54, 1.807) is 0 Å². The van der Waals surface area contributed by atoms with E-state index in [0.29, 0.717) is 18.0 Å². The molecule has 0 bridgehead atoms. The van der Waals surface area contributed by atoms with Crippen LogP contribution in [0, 0.1) is 12.8 Å². The largest absolute Gasteiger partial charge is 0.360 e. The van der Waals surface area contributed by atoms with Gasteiger partial charge < -0.3 is 9.80 Å². The van der Waals surface area contributed by atoms with Gasteiger partial charge in [0.15, 0.2) is 0 Å². The van der Waals surface area contributed by atoms with Crippen molar-refractivity contribution >= 4 is 11.4 Å². The maximum absolute atomic E-state index is 2.62. The number of rotatable bonds is 4. The minimum Gasteiger partial charge on any atom is -0.360 e. The molecule has 5 rings (SSSR count). The molecule has 2 aliphatic rings. The Morgan fingerprint density at radius 1 is 0.688 bits per heavy atom. The van der Waals surface area contributed by atoms with Crippen molar-refractivity contribution < 1.29 is 0 Å². The fourth-order valence-corrected chi connectivity index (χ4v) is 4.98. The van der Waals surface area contributed by atoms with E-state index in [1.807, 2.05) is 0 Å².